The smallest absolute Gasteiger partial charge is 0.229 e. The lowest BCUT2D eigenvalue weighted by Crippen LogP contribution is -2.16. The number of anilines is 4. The van der Waals surface area contributed by atoms with E-state index in [1.54, 1.807) is 4.90 Å². The Morgan fingerprint density at radius 3 is 2.25 bits per heavy atom. The van der Waals surface area contributed by atoms with Crippen molar-refractivity contribution in [2.24, 2.45) is 0 Å². The summed E-state index contributed by atoms with van der Waals surface area (Å²) in [6, 6.07) is 1.50. The second-order valence-electron chi connectivity index (χ2n) is 4.09. The molecule has 0 amide bonds. The number of nitrogens with zero attached hydrogens (tertiary/aromatic N) is 6. The predicted molar refractivity (Wildman–Crippen MR) is 79.0 cm³/mol. The number of nitrogen functional groups attached to an aromatic ring is 3. The second-order valence-corrected chi connectivity index (χ2v) is 5.04. The van der Waals surface area contributed by atoms with E-state index in [4.69, 9.17) is 17.2 Å². The minimum absolute atomic E-state index is 0.173. The van der Waals surface area contributed by atoms with Crippen molar-refractivity contribution in [3.63, 3.8) is 0 Å². The van der Waals surface area contributed by atoms with E-state index in [2.05, 4.69) is 24.9 Å². The van der Waals surface area contributed by atoms with E-state index >= 15 is 0 Å². The summed E-state index contributed by atoms with van der Waals surface area (Å²) < 4.78 is 0. The first kappa shape index (κ1) is 14.1. The molecule has 0 fully saturated rings. The highest BCUT2D eigenvalue weighted by molar-refractivity contribution is 7.98. The van der Waals surface area contributed by atoms with Gasteiger partial charge in [-0.25, -0.2) is 9.97 Å². The third-order valence-corrected chi connectivity index (χ3v) is 3.01. The van der Waals surface area contributed by atoms with Gasteiger partial charge in [0, 0.05) is 20.2 Å². The van der Waals surface area contributed by atoms with Gasteiger partial charge in [-0.2, -0.15) is 15.0 Å². The van der Waals surface area contributed by atoms with Gasteiger partial charge in [0.1, 0.15) is 17.5 Å². The highest BCUT2D eigenvalue weighted by Gasteiger charge is 2.08. The monoisotopic (exact) mass is 293 g/mol. The fourth-order valence-corrected chi connectivity index (χ4v) is 2.07. The van der Waals surface area contributed by atoms with Gasteiger partial charge in [-0.3, -0.25) is 0 Å². The summed E-state index contributed by atoms with van der Waals surface area (Å²) in [6.45, 7) is 0. The van der Waals surface area contributed by atoms with Crippen molar-refractivity contribution in [3.8, 4) is 0 Å². The highest BCUT2D eigenvalue weighted by atomic mass is 32.2. The lowest BCUT2D eigenvalue weighted by Gasteiger charge is -2.11. The van der Waals surface area contributed by atoms with E-state index in [1.807, 2.05) is 14.1 Å². The van der Waals surface area contributed by atoms with Gasteiger partial charge in [0.2, 0.25) is 11.9 Å². The maximum absolute atomic E-state index is 5.65. The lowest BCUT2D eigenvalue weighted by atomic mass is 10.5. The van der Waals surface area contributed by atoms with Crippen LogP contribution in [0.1, 0.15) is 5.82 Å². The van der Waals surface area contributed by atoms with Gasteiger partial charge in [-0.05, 0) is 0 Å². The fraction of sp³-hybridized carbons (Fsp3) is 0.300. The number of thioether (sulfide) groups is 1. The summed E-state index contributed by atoms with van der Waals surface area (Å²) in [4.78, 5) is 22.2. The molecular formula is C10H15N9S. The average molecular weight is 293 g/mol. The summed E-state index contributed by atoms with van der Waals surface area (Å²) in [6.07, 6.45) is 0. The van der Waals surface area contributed by atoms with Crippen molar-refractivity contribution in [1.29, 1.82) is 0 Å². The van der Waals surface area contributed by atoms with Gasteiger partial charge in [-0.15, -0.1) is 0 Å². The number of rotatable bonds is 4. The molecule has 106 valence electrons. The Balaban J connectivity index is 2.14. The molecule has 9 nitrogen and oxygen atoms in total. The molecule has 0 saturated carbocycles. The second kappa shape index (κ2) is 5.74. The Kier molecular flexibility index (Phi) is 4.03. The molecule has 0 spiro atoms. The fourth-order valence-electron chi connectivity index (χ4n) is 1.35. The van der Waals surface area contributed by atoms with Crippen molar-refractivity contribution >= 4 is 35.3 Å². The zero-order valence-corrected chi connectivity index (χ0v) is 11.9. The molecule has 0 aliphatic heterocycles. The number of nitrogens with two attached hydrogens (primary N) is 3. The van der Waals surface area contributed by atoms with Gasteiger partial charge in [0.25, 0.3) is 0 Å². The van der Waals surface area contributed by atoms with Crippen LogP contribution in [0.3, 0.4) is 0 Å². The predicted octanol–water partition coefficient (Wildman–Crippen LogP) is -0.233. The lowest BCUT2D eigenvalue weighted by molar-refractivity contribution is 0.914. The molecule has 0 unspecified atom stereocenters. The minimum Gasteiger partial charge on any atom is -0.383 e. The van der Waals surface area contributed by atoms with Crippen molar-refractivity contribution in [3.05, 3.63) is 11.9 Å². The van der Waals surface area contributed by atoms with E-state index in [0.29, 0.717) is 34.3 Å². The molecular weight excluding hydrogens is 278 g/mol. The Morgan fingerprint density at radius 2 is 1.65 bits per heavy atom. The SMILES string of the molecule is CN(C)c1nc(N)nc(CSc2nc(N)cc(N)n2)n1. The van der Waals surface area contributed by atoms with Crippen LogP contribution in [0.15, 0.2) is 11.2 Å². The molecule has 0 bridgehead atoms. The van der Waals surface area contributed by atoms with Crippen LogP contribution in [0.4, 0.5) is 23.5 Å². The van der Waals surface area contributed by atoms with Crippen LogP contribution in [-0.4, -0.2) is 39.0 Å². The summed E-state index contributed by atoms with van der Waals surface area (Å²) >= 11 is 1.32. The van der Waals surface area contributed by atoms with Crippen LogP contribution in [0.5, 0.6) is 0 Å². The van der Waals surface area contributed by atoms with Gasteiger partial charge >= 0.3 is 0 Å². The zero-order valence-electron chi connectivity index (χ0n) is 11.1. The summed E-state index contributed by atoms with van der Waals surface area (Å²) in [5.74, 6) is 2.30. The van der Waals surface area contributed by atoms with Crippen LogP contribution in [0, 0.1) is 0 Å². The standard InChI is InChI=1S/C10H15N9S/c1-19(2)9-17-7(16-8(13)18-9)4-20-10-14-5(11)3-6(12)15-10/h3H,4H2,1-2H3,(H4,11,12,14,15)(H2,13,16,17,18). The summed E-state index contributed by atoms with van der Waals surface area (Å²) in [7, 11) is 3.65. The molecule has 0 saturated heterocycles. The summed E-state index contributed by atoms with van der Waals surface area (Å²) in [5, 5.41) is 0.466. The van der Waals surface area contributed by atoms with E-state index < -0.39 is 0 Å². The molecule has 2 heterocycles. The quantitative estimate of drug-likeness (QED) is 0.510. The Morgan fingerprint density at radius 1 is 1.00 bits per heavy atom. The normalized spacial score (nSPS) is 10.5. The van der Waals surface area contributed by atoms with Crippen molar-refractivity contribution in [1.82, 2.24) is 24.9 Å². The maximum atomic E-state index is 5.65. The number of aromatic nitrogens is 5. The van der Waals surface area contributed by atoms with Crippen molar-refractivity contribution in [2.45, 2.75) is 10.9 Å². The molecule has 0 aliphatic rings. The average Bonchev–Trinajstić information content (AvgIpc) is 2.34. The minimum atomic E-state index is 0.173. The van der Waals surface area contributed by atoms with Crippen LogP contribution >= 0.6 is 11.8 Å². The van der Waals surface area contributed by atoms with Gasteiger partial charge < -0.3 is 22.1 Å². The van der Waals surface area contributed by atoms with Gasteiger partial charge in [-0.1, -0.05) is 11.8 Å². The van der Waals surface area contributed by atoms with Gasteiger partial charge in [0.05, 0.1) is 5.75 Å². The van der Waals surface area contributed by atoms with Crippen LogP contribution in [0.25, 0.3) is 0 Å². The first-order chi connectivity index (χ1) is 9.44. The molecule has 20 heavy (non-hydrogen) atoms. The van der Waals surface area contributed by atoms with Crippen molar-refractivity contribution < 1.29 is 0 Å². The van der Waals surface area contributed by atoms with E-state index in [1.165, 1.54) is 17.8 Å². The topological polar surface area (TPSA) is 146 Å². The Labute approximate surface area is 120 Å². The van der Waals surface area contributed by atoms with Crippen LogP contribution in [0.2, 0.25) is 0 Å². The molecule has 2 rings (SSSR count). The van der Waals surface area contributed by atoms with Crippen LogP contribution < -0.4 is 22.1 Å². The largest absolute Gasteiger partial charge is 0.383 e. The maximum Gasteiger partial charge on any atom is 0.229 e. The van der Waals surface area contributed by atoms with Crippen LogP contribution in [-0.2, 0) is 5.75 Å². The first-order valence-electron chi connectivity index (χ1n) is 5.64. The highest BCUT2D eigenvalue weighted by Crippen LogP contribution is 2.20. The van der Waals surface area contributed by atoms with E-state index in [-0.39, 0.29) is 5.95 Å². The molecule has 0 radical (unpaired) electrons. The third kappa shape index (κ3) is 3.57. The first-order valence-corrected chi connectivity index (χ1v) is 6.63. The molecule has 2 aromatic rings. The molecule has 0 aliphatic carbocycles. The third-order valence-electron chi connectivity index (χ3n) is 2.16. The van der Waals surface area contributed by atoms with Crippen molar-refractivity contribution in [2.75, 3.05) is 36.2 Å². The molecule has 6 N–H and O–H groups in total. The zero-order chi connectivity index (χ0) is 14.7. The number of hydrogen-bond donors (Lipinski definition) is 3. The Bertz CT molecular complexity index is 595. The molecule has 10 heteroatoms. The molecule has 0 aromatic carbocycles. The van der Waals surface area contributed by atoms with E-state index in [9.17, 15) is 0 Å². The molecule has 0 atom stereocenters. The van der Waals surface area contributed by atoms with E-state index in [0.717, 1.165) is 0 Å². The van der Waals surface area contributed by atoms with Gasteiger partial charge in [0.15, 0.2) is 5.16 Å². The Hall–Kier alpha value is -2.36. The molecule has 2 aromatic heterocycles. The summed E-state index contributed by atoms with van der Waals surface area (Å²) in [5.41, 5.74) is 16.9. The number of hydrogen-bond acceptors (Lipinski definition) is 10.